The average Bonchev–Trinajstić information content (AvgIpc) is 2.37. The molecule has 0 bridgehead atoms. The van der Waals surface area contributed by atoms with E-state index in [2.05, 4.69) is 15.9 Å². The van der Waals surface area contributed by atoms with E-state index in [1.807, 2.05) is 0 Å². The Morgan fingerprint density at radius 1 is 1.52 bits per heavy atom. The van der Waals surface area contributed by atoms with E-state index < -0.39 is 23.9 Å². The van der Waals surface area contributed by atoms with Crippen molar-refractivity contribution in [2.24, 2.45) is 0 Å². The number of amides is 1. The van der Waals surface area contributed by atoms with Crippen LogP contribution in [0.2, 0.25) is 0 Å². The van der Waals surface area contributed by atoms with Crippen LogP contribution in [0.5, 0.6) is 0 Å². The highest BCUT2D eigenvalue weighted by atomic mass is 79.9. The van der Waals surface area contributed by atoms with Gasteiger partial charge in [-0.3, -0.25) is 4.79 Å². The lowest BCUT2D eigenvalue weighted by Crippen LogP contribution is -2.54. The van der Waals surface area contributed by atoms with Gasteiger partial charge in [-0.15, -0.1) is 0 Å². The number of nitrogens with zero attached hydrogens (tertiary/aromatic N) is 1. The third-order valence-electron chi connectivity index (χ3n) is 3.34. The van der Waals surface area contributed by atoms with Gasteiger partial charge in [0, 0.05) is 16.1 Å². The van der Waals surface area contributed by atoms with Crippen LogP contribution < -0.4 is 0 Å². The maximum Gasteiger partial charge on any atom is 0.335 e. The monoisotopic (exact) mass is 359 g/mol. The number of benzene rings is 1. The normalized spacial score (nSPS) is 22.7. The number of morpholine rings is 1. The number of aliphatic carboxylic acids is 1. The molecule has 1 fully saturated rings. The van der Waals surface area contributed by atoms with E-state index in [0.717, 1.165) is 0 Å². The first-order chi connectivity index (χ1) is 9.82. The zero-order valence-corrected chi connectivity index (χ0v) is 13.1. The molecule has 0 aromatic heterocycles. The Morgan fingerprint density at radius 3 is 2.71 bits per heavy atom. The Bertz CT molecular complexity index is 578. The fourth-order valence-electron chi connectivity index (χ4n) is 2.50. The van der Waals surface area contributed by atoms with Gasteiger partial charge in [0.2, 0.25) is 5.91 Å². The predicted octanol–water partition coefficient (Wildman–Crippen LogP) is 2.35. The standard InChI is InChI=1S/C14H15BrFNO4/c1-7(2)17-11(18)6-21-13(14(19)20)12(17)9-4-3-8(15)5-10(9)16/h3-5,7,12-13H,6H2,1-2H3,(H,19,20). The minimum absolute atomic E-state index is 0.132. The summed E-state index contributed by atoms with van der Waals surface area (Å²) < 4.78 is 19.9. The summed E-state index contributed by atoms with van der Waals surface area (Å²) in [6, 6.07) is 3.06. The van der Waals surface area contributed by atoms with Crippen molar-refractivity contribution in [1.82, 2.24) is 4.90 Å². The van der Waals surface area contributed by atoms with E-state index in [0.29, 0.717) is 4.47 Å². The molecule has 2 unspecified atom stereocenters. The number of carboxylic acid groups (broad SMARTS) is 1. The van der Waals surface area contributed by atoms with Crippen LogP contribution in [-0.4, -0.2) is 40.6 Å². The Morgan fingerprint density at radius 2 is 2.19 bits per heavy atom. The Kier molecular flexibility index (Phi) is 4.63. The van der Waals surface area contributed by atoms with Crippen molar-refractivity contribution in [3.63, 3.8) is 0 Å². The zero-order valence-electron chi connectivity index (χ0n) is 11.5. The lowest BCUT2D eigenvalue weighted by Gasteiger charge is -2.42. The van der Waals surface area contributed by atoms with Gasteiger partial charge in [0.1, 0.15) is 12.4 Å². The van der Waals surface area contributed by atoms with Gasteiger partial charge in [-0.2, -0.15) is 0 Å². The third kappa shape index (κ3) is 3.08. The first kappa shape index (κ1) is 15.9. The van der Waals surface area contributed by atoms with E-state index in [4.69, 9.17) is 4.74 Å². The number of rotatable bonds is 3. The van der Waals surface area contributed by atoms with E-state index in [1.165, 1.54) is 17.0 Å². The molecule has 1 aromatic carbocycles. The van der Waals surface area contributed by atoms with Gasteiger partial charge in [-0.05, 0) is 26.0 Å². The molecule has 0 aliphatic carbocycles. The number of carbonyl (C=O) groups excluding carboxylic acids is 1. The van der Waals surface area contributed by atoms with Gasteiger partial charge in [0.15, 0.2) is 6.10 Å². The molecule has 1 N–H and O–H groups in total. The quantitative estimate of drug-likeness (QED) is 0.899. The molecule has 1 saturated heterocycles. The van der Waals surface area contributed by atoms with Crippen LogP contribution in [0.3, 0.4) is 0 Å². The summed E-state index contributed by atoms with van der Waals surface area (Å²) in [5.41, 5.74) is 0.132. The van der Waals surface area contributed by atoms with Crippen LogP contribution in [0.4, 0.5) is 4.39 Å². The topological polar surface area (TPSA) is 66.8 Å². The molecule has 2 rings (SSSR count). The van der Waals surface area contributed by atoms with Gasteiger partial charge in [-0.25, -0.2) is 9.18 Å². The Labute approximate surface area is 129 Å². The third-order valence-corrected chi connectivity index (χ3v) is 3.83. The summed E-state index contributed by atoms with van der Waals surface area (Å²) in [4.78, 5) is 24.8. The number of carbonyl (C=O) groups is 2. The second kappa shape index (κ2) is 6.11. The average molecular weight is 360 g/mol. The minimum atomic E-state index is -1.29. The molecule has 5 nitrogen and oxygen atoms in total. The van der Waals surface area contributed by atoms with E-state index in [1.54, 1.807) is 19.9 Å². The maximum atomic E-state index is 14.2. The Balaban J connectivity index is 2.54. The van der Waals surface area contributed by atoms with E-state index >= 15 is 0 Å². The van der Waals surface area contributed by atoms with Crippen molar-refractivity contribution in [3.8, 4) is 0 Å². The van der Waals surface area contributed by atoms with Crippen LogP contribution >= 0.6 is 15.9 Å². The molecule has 1 aliphatic rings. The van der Waals surface area contributed by atoms with Crippen LogP contribution in [0.25, 0.3) is 0 Å². The second-order valence-electron chi connectivity index (χ2n) is 5.08. The van der Waals surface area contributed by atoms with Crippen molar-refractivity contribution < 1.29 is 23.8 Å². The molecule has 1 heterocycles. The second-order valence-corrected chi connectivity index (χ2v) is 5.99. The first-order valence-corrected chi connectivity index (χ1v) is 7.22. The summed E-state index contributed by atoms with van der Waals surface area (Å²) in [6.07, 6.45) is -1.29. The number of halogens is 2. The molecule has 0 radical (unpaired) electrons. The summed E-state index contributed by atoms with van der Waals surface area (Å²) >= 11 is 3.15. The number of hydrogen-bond donors (Lipinski definition) is 1. The van der Waals surface area contributed by atoms with Gasteiger partial charge in [0.05, 0.1) is 6.04 Å². The highest BCUT2D eigenvalue weighted by molar-refractivity contribution is 9.10. The summed E-state index contributed by atoms with van der Waals surface area (Å²) in [5, 5.41) is 9.31. The molecule has 7 heteroatoms. The molecular weight excluding hydrogens is 345 g/mol. The largest absolute Gasteiger partial charge is 0.479 e. The highest BCUT2D eigenvalue weighted by Crippen LogP contribution is 2.34. The zero-order chi connectivity index (χ0) is 15.7. The highest BCUT2D eigenvalue weighted by Gasteiger charge is 2.44. The van der Waals surface area contributed by atoms with Crippen LogP contribution in [0.15, 0.2) is 22.7 Å². The van der Waals surface area contributed by atoms with Crippen molar-refractivity contribution >= 4 is 27.8 Å². The summed E-state index contributed by atoms with van der Waals surface area (Å²) in [5.74, 6) is -2.15. The lowest BCUT2D eigenvalue weighted by molar-refractivity contribution is -0.175. The predicted molar refractivity (Wildman–Crippen MR) is 76.2 cm³/mol. The SMILES string of the molecule is CC(C)N1C(=O)COC(C(=O)O)C1c1ccc(Br)cc1F. The molecule has 0 saturated carbocycles. The smallest absolute Gasteiger partial charge is 0.335 e. The fourth-order valence-corrected chi connectivity index (χ4v) is 2.83. The van der Waals surface area contributed by atoms with Gasteiger partial charge >= 0.3 is 5.97 Å². The minimum Gasteiger partial charge on any atom is -0.479 e. The Hall–Kier alpha value is -1.47. The maximum absolute atomic E-state index is 14.2. The molecule has 21 heavy (non-hydrogen) atoms. The van der Waals surface area contributed by atoms with E-state index in [9.17, 15) is 19.1 Å². The number of hydrogen-bond acceptors (Lipinski definition) is 3. The molecule has 1 aliphatic heterocycles. The van der Waals surface area contributed by atoms with Crippen LogP contribution in [0, 0.1) is 5.82 Å². The molecule has 114 valence electrons. The van der Waals surface area contributed by atoms with Crippen LogP contribution in [0.1, 0.15) is 25.5 Å². The number of ether oxygens (including phenoxy) is 1. The lowest BCUT2D eigenvalue weighted by atomic mass is 9.96. The van der Waals surface area contributed by atoms with Gasteiger partial charge in [0.25, 0.3) is 0 Å². The fraction of sp³-hybridized carbons (Fsp3) is 0.429. The molecule has 1 amide bonds. The van der Waals surface area contributed by atoms with Crippen LogP contribution in [-0.2, 0) is 14.3 Å². The molecular formula is C14H15BrFNO4. The molecule has 2 atom stereocenters. The summed E-state index contributed by atoms with van der Waals surface area (Å²) in [7, 11) is 0. The van der Waals surface area contributed by atoms with E-state index in [-0.39, 0.29) is 24.1 Å². The first-order valence-electron chi connectivity index (χ1n) is 6.43. The summed E-state index contributed by atoms with van der Waals surface area (Å²) in [6.45, 7) is 3.20. The van der Waals surface area contributed by atoms with Crippen molar-refractivity contribution in [2.45, 2.75) is 32.0 Å². The van der Waals surface area contributed by atoms with Gasteiger partial charge in [-0.1, -0.05) is 22.0 Å². The molecule has 1 aromatic rings. The van der Waals surface area contributed by atoms with Gasteiger partial charge < -0.3 is 14.7 Å². The van der Waals surface area contributed by atoms with Crippen molar-refractivity contribution in [1.29, 1.82) is 0 Å². The number of carboxylic acids is 1. The van der Waals surface area contributed by atoms with Crippen molar-refractivity contribution in [2.75, 3.05) is 6.61 Å². The van der Waals surface area contributed by atoms with Crippen molar-refractivity contribution in [3.05, 3.63) is 34.1 Å². The molecule has 0 spiro atoms.